The summed E-state index contributed by atoms with van der Waals surface area (Å²) in [6, 6.07) is 22.2. The zero-order chi connectivity index (χ0) is 28.4. The highest BCUT2D eigenvalue weighted by Gasteiger charge is 2.33. The molecule has 3 aromatic rings. The van der Waals surface area contributed by atoms with Crippen LogP contribution in [0.2, 0.25) is 0 Å². The molecule has 0 aliphatic carbocycles. The molecule has 1 N–H and O–H groups in total. The molecule has 39 heavy (non-hydrogen) atoms. The Bertz CT molecular complexity index is 1360. The molecule has 1 unspecified atom stereocenters. The van der Waals surface area contributed by atoms with Crippen LogP contribution in [-0.4, -0.2) is 44.3 Å². The molecule has 0 saturated heterocycles. The number of carbonyl (C=O) groups is 2. The maximum atomic E-state index is 14.0. The van der Waals surface area contributed by atoms with E-state index in [-0.39, 0.29) is 17.3 Å². The van der Waals surface area contributed by atoms with Crippen LogP contribution < -0.4 is 9.62 Å². The van der Waals surface area contributed by atoms with Crippen molar-refractivity contribution in [1.82, 2.24) is 10.2 Å². The fourth-order valence-corrected chi connectivity index (χ4v) is 5.85. The summed E-state index contributed by atoms with van der Waals surface area (Å²) in [6.07, 6.45) is 2.36. The summed E-state index contributed by atoms with van der Waals surface area (Å²) >= 11 is 0. The van der Waals surface area contributed by atoms with Crippen LogP contribution in [0, 0.1) is 6.92 Å². The number of aryl methyl sites for hydroxylation is 2. The number of amides is 2. The van der Waals surface area contributed by atoms with Crippen LogP contribution in [-0.2, 0) is 32.6 Å². The van der Waals surface area contributed by atoms with Gasteiger partial charge in [0, 0.05) is 13.1 Å². The van der Waals surface area contributed by atoms with Gasteiger partial charge in [-0.1, -0.05) is 80.9 Å². The number of carbonyl (C=O) groups excluding carboxylic acids is 2. The summed E-state index contributed by atoms with van der Waals surface area (Å²) in [5.74, 6) is -0.724. The summed E-state index contributed by atoms with van der Waals surface area (Å²) in [7, 11) is -4.07. The van der Waals surface area contributed by atoms with E-state index in [2.05, 4.69) is 5.32 Å². The Kier molecular flexibility index (Phi) is 10.7. The van der Waals surface area contributed by atoms with Crippen LogP contribution >= 0.6 is 0 Å². The number of hydrogen-bond acceptors (Lipinski definition) is 4. The molecular formula is C31H39N3O4S. The molecule has 0 radical (unpaired) electrons. The standard InChI is InChI=1S/C31H39N3O4S/c1-5-7-21-32-31(36)25(4)33(22-27-17-12-11-15-24(27)3)30(35)23-34(29-20-14-13-16-26(29)6-2)39(37,38)28-18-9-8-10-19-28/h8-20,25H,5-7,21-23H2,1-4H3,(H,32,36). The number of nitrogens with zero attached hydrogens (tertiary/aromatic N) is 2. The van der Waals surface area contributed by atoms with Gasteiger partial charge in [-0.15, -0.1) is 0 Å². The smallest absolute Gasteiger partial charge is 0.264 e. The minimum absolute atomic E-state index is 0.0968. The molecule has 0 heterocycles. The van der Waals surface area contributed by atoms with Crippen LogP contribution in [0.5, 0.6) is 0 Å². The largest absolute Gasteiger partial charge is 0.354 e. The summed E-state index contributed by atoms with van der Waals surface area (Å²) in [6.45, 7) is 7.89. The zero-order valence-electron chi connectivity index (χ0n) is 23.3. The second kappa shape index (κ2) is 13.9. The second-order valence-electron chi connectivity index (χ2n) is 9.58. The summed E-state index contributed by atoms with van der Waals surface area (Å²) in [5, 5.41) is 2.91. The van der Waals surface area contributed by atoms with Crippen LogP contribution in [0.4, 0.5) is 5.69 Å². The van der Waals surface area contributed by atoms with Gasteiger partial charge < -0.3 is 10.2 Å². The van der Waals surface area contributed by atoms with Gasteiger partial charge in [0.2, 0.25) is 11.8 Å². The van der Waals surface area contributed by atoms with Gasteiger partial charge in [-0.25, -0.2) is 8.42 Å². The number of sulfonamides is 1. The van der Waals surface area contributed by atoms with Crippen molar-refractivity contribution in [2.75, 3.05) is 17.4 Å². The molecule has 3 rings (SSSR count). The van der Waals surface area contributed by atoms with E-state index in [1.165, 1.54) is 21.3 Å². The Labute approximate surface area is 232 Å². The lowest BCUT2D eigenvalue weighted by Crippen LogP contribution is -2.51. The van der Waals surface area contributed by atoms with Crippen molar-refractivity contribution in [2.45, 2.75) is 64.4 Å². The fraction of sp³-hybridized carbons (Fsp3) is 0.355. The highest BCUT2D eigenvalue weighted by atomic mass is 32.2. The molecule has 3 aromatic carbocycles. The molecular weight excluding hydrogens is 510 g/mol. The molecule has 0 aromatic heterocycles. The molecule has 0 bridgehead atoms. The number of rotatable bonds is 13. The number of para-hydroxylation sites is 1. The summed E-state index contributed by atoms with van der Waals surface area (Å²) in [5.41, 5.74) is 3.14. The number of nitrogens with one attached hydrogen (secondary N) is 1. The third-order valence-electron chi connectivity index (χ3n) is 6.85. The van der Waals surface area contributed by atoms with Crippen LogP contribution in [0.3, 0.4) is 0 Å². The topological polar surface area (TPSA) is 86.8 Å². The first-order valence-electron chi connectivity index (χ1n) is 13.5. The van der Waals surface area contributed by atoms with Crippen LogP contribution in [0.15, 0.2) is 83.8 Å². The molecule has 1 atom stereocenters. The average Bonchev–Trinajstić information content (AvgIpc) is 2.95. The van der Waals surface area contributed by atoms with Gasteiger partial charge in [0.15, 0.2) is 0 Å². The zero-order valence-corrected chi connectivity index (χ0v) is 24.1. The molecule has 0 spiro atoms. The van der Waals surface area contributed by atoms with Gasteiger partial charge in [-0.3, -0.25) is 13.9 Å². The van der Waals surface area contributed by atoms with Crippen LogP contribution in [0.25, 0.3) is 0 Å². The number of anilines is 1. The van der Waals surface area contributed by atoms with Crippen molar-refractivity contribution >= 4 is 27.5 Å². The predicted octanol–water partition coefficient (Wildman–Crippen LogP) is 5.09. The number of unbranched alkanes of at least 4 members (excludes halogenated alkanes) is 1. The molecule has 8 heteroatoms. The SMILES string of the molecule is CCCCNC(=O)C(C)N(Cc1ccccc1C)C(=O)CN(c1ccccc1CC)S(=O)(=O)c1ccccc1. The lowest BCUT2D eigenvalue weighted by atomic mass is 10.1. The van der Waals surface area contributed by atoms with E-state index in [0.717, 1.165) is 29.5 Å². The molecule has 208 valence electrons. The third-order valence-corrected chi connectivity index (χ3v) is 8.62. The minimum atomic E-state index is -4.07. The normalized spacial score (nSPS) is 12.0. The van der Waals surface area contributed by atoms with Crippen molar-refractivity contribution in [3.8, 4) is 0 Å². The van der Waals surface area contributed by atoms with E-state index in [4.69, 9.17) is 0 Å². The van der Waals surface area contributed by atoms with Gasteiger partial charge in [0.25, 0.3) is 10.0 Å². The van der Waals surface area contributed by atoms with Gasteiger partial charge >= 0.3 is 0 Å². The molecule has 0 aliphatic heterocycles. The molecule has 7 nitrogen and oxygen atoms in total. The van der Waals surface area contributed by atoms with E-state index in [0.29, 0.717) is 18.7 Å². The van der Waals surface area contributed by atoms with E-state index in [1.54, 1.807) is 37.3 Å². The van der Waals surface area contributed by atoms with Gasteiger partial charge in [-0.2, -0.15) is 0 Å². The lowest BCUT2D eigenvalue weighted by Gasteiger charge is -2.33. The first kappa shape index (κ1) is 29.9. The highest BCUT2D eigenvalue weighted by Crippen LogP contribution is 2.28. The van der Waals surface area contributed by atoms with E-state index < -0.39 is 28.5 Å². The van der Waals surface area contributed by atoms with Gasteiger partial charge in [-0.05, 0) is 61.6 Å². The van der Waals surface area contributed by atoms with E-state index >= 15 is 0 Å². The second-order valence-corrected chi connectivity index (χ2v) is 11.4. The maximum absolute atomic E-state index is 14.0. The molecule has 0 fully saturated rings. The fourth-order valence-electron chi connectivity index (χ4n) is 4.38. The van der Waals surface area contributed by atoms with Crippen LogP contribution in [0.1, 0.15) is 50.3 Å². The van der Waals surface area contributed by atoms with Crippen molar-refractivity contribution in [3.05, 3.63) is 95.6 Å². The monoisotopic (exact) mass is 549 g/mol. The Morgan fingerprint density at radius 3 is 2.13 bits per heavy atom. The van der Waals surface area contributed by atoms with Gasteiger partial charge in [0.1, 0.15) is 12.6 Å². The molecule has 0 aliphatic rings. The number of benzene rings is 3. The Balaban J connectivity index is 2.03. The Hall–Kier alpha value is -3.65. The molecule has 2 amide bonds. The van der Waals surface area contributed by atoms with E-state index in [1.807, 2.05) is 57.2 Å². The summed E-state index contributed by atoms with van der Waals surface area (Å²) < 4.78 is 29.0. The highest BCUT2D eigenvalue weighted by molar-refractivity contribution is 7.92. The van der Waals surface area contributed by atoms with Crippen molar-refractivity contribution in [1.29, 1.82) is 0 Å². The first-order valence-corrected chi connectivity index (χ1v) is 14.9. The minimum Gasteiger partial charge on any atom is -0.354 e. The van der Waals surface area contributed by atoms with Crippen molar-refractivity contribution in [2.24, 2.45) is 0 Å². The van der Waals surface area contributed by atoms with Gasteiger partial charge in [0.05, 0.1) is 10.6 Å². The maximum Gasteiger partial charge on any atom is 0.264 e. The number of hydrogen-bond donors (Lipinski definition) is 1. The van der Waals surface area contributed by atoms with Crippen molar-refractivity contribution < 1.29 is 18.0 Å². The lowest BCUT2D eigenvalue weighted by molar-refractivity contribution is -0.139. The third kappa shape index (κ3) is 7.47. The Morgan fingerprint density at radius 2 is 1.49 bits per heavy atom. The first-order chi connectivity index (χ1) is 18.7. The summed E-state index contributed by atoms with van der Waals surface area (Å²) in [4.78, 5) is 28.7. The quantitative estimate of drug-likeness (QED) is 0.301. The van der Waals surface area contributed by atoms with Crippen molar-refractivity contribution in [3.63, 3.8) is 0 Å². The Morgan fingerprint density at radius 1 is 0.872 bits per heavy atom. The van der Waals surface area contributed by atoms with E-state index in [9.17, 15) is 18.0 Å². The molecule has 0 saturated carbocycles. The predicted molar refractivity (Wildman–Crippen MR) is 156 cm³/mol. The average molecular weight is 550 g/mol.